The molecule has 1 atom stereocenters. The molecule has 1 aliphatic rings. The maximum absolute atomic E-state index is 11.3. The Morgan fingerprint density at radius 3 is 2.94 bits per heavy atom. The van der Waals surface area contributed by atoms with Crippen molar-refractivity contribution < 1.29 is 12.8 Å². The summed E-state index contributed by atoms with van der Waals surface area (Å²) < 4.78 is 27.9. The van der Waals surface area contributed by atoms with Gasteiger partial charge in [0.25, 0.3) is 0 Å². The van der Waals surface area contributed by atoms with Crippen LogP contribution in [0.2, 0.25) is 0 Å². The van der Waals surface area contributed by atoms with E-state index in [4.69, 9.17) is 4.42 Å². The van der Waals surface area contributed by atoms with Gasteiger partial charge in [-0.05, 0) is 18.9 Å². The molecule has 1 aliphatic heterocycles. The topological polar surface area (TPSA) is 97.1 Å². The summed E-state index contributed by atoms with van der Waals surface area (Å²) in [5.41, 5.74) is 0. The van der Waals surface area contributed by atoms with Gasteiger partial charge in [0.05, 0.1) is 18.1 Å². The monoisotopic (exact) mass is 274 g/mol. The number of nitrogens with zero attached hydrogens (tertiary/aromatic N) is 2. The van der Waals surface area contributed by atoms with Crippen LogP contribution in [0.5, 0.6) is 0 Å². The number of nitrogens with one attached hydrogen (secondary N) is 2. The highest BCUT2D eigenvalue weighted by Crippen LogP contribution is 2.18. The van der Waals surface area contributed by atoms with Crippen LogP contribution in [0, 0.1) is 5.92 Å². The van der Waals surface area contributed by atoms with Crippen molar-refractivity contribution in [3.05, 3.63) is 5.89 Å². The second-order valence-electron chi connectivity index (χ2n) is 4.43. The molecule has 0 amide bonds. The first kappa shape index (κ1) is 13.3. The van der Waals surface area contributed by atoms with Gasteiger partial charge in [0.15, 0.2) is 9.84 Å². The number of aromatic nitrogens is 2. The van der Waals surface area contributed by atoms with Crippen molar-refractivity contribution in [3.63, 3.8) is 0 Å². The van der Waals surface area contributed by atoms with Gasteiger partial charge in [0.2, 0.25) is 5.89 Å². The Kier molecular flexibility index (Phi) is 4.18. The molecule has 1 aromatic heterocycles. The first-order chi connectivity index (χ1) is 8.59. The van der Waals surface area contributed by atoms with Crippen LogP contribution in [-0.4, -0.2) is 43.2 Å². The molecule has 0 saturated carbocycles. The van der Waals surface area contributed by atoms with Gasteiger partial charge in [0.1, 0.15) is 0 Å². The summed E-state index contributed by atoms with van der Waals surface area (Å²) in [7, 11) is -2.82. The van der Waals surface area contributed by atoms with Crippen LogP contribution >= 0.6 is 0 Å². The van der Waals surface area contributed by atoms with E-state index in [0.29, 0.717) is 31.4 Å². The van der Waals surface area contributed by atoms with Crippen LogP contribution in [-0.2, 0) is 16.4 Å². The molecule has 102 valence electrons. The van der Waals surface area contributed by atoms with Crippen molar-refractivity contribution in [2.45, 2.75) is 19.9 Å². The standard InChI is InChI=1S/C10H18N4O3S/c1-2-11-6-9-13-14-10(17-9)12-5-8-3-4-18(15,16)7-8/h8,11H,2-7H2,1H3,(H,12,14). The van der Waals surface area contributed by atoms with E-state index in [1.807, 2.05) is 6.92 Å². The highest BCUT2D eigenvalue weighted by molar-refractivity contribution is 7.91. The predicted octanol–water partition coefficient (Wildman–Crippen LogP) is 0.0257. The summed E-state index contributed by atoms with van der Waals surface area (Å²) in [6.07, 6.45) is 0.702. The van der Waals surface area contributed by atoms with Crippen LogP contribution < -0.4 is 10.6 Å². The Morgan fingerprint density at radius 1 is 1.44 bits per heavy atom. The van der Waals surface area contributed by atoms with Crippen LogP contribution in [0.25, 0.3) is 0 Å². The summed E-state index contributed by atoms with van der Waals surface area (Å²) in [6, 6.07) is 0.354. The van der Waals surface area contributed by atoms with Crippen LogP contribution in [0.4, 0.5) is 6.01 Å². The molecule has 0 aliphatic carbocycles. The Balaban J connectivity index is 1.78. The van der Waals surface area contributed by atoms with Crippen molar-refractivity contribution in [1.82, 2.24) is 15.5 Å². The van der Waals surface area contributed by atoms with Gasteiger partial charge in [-0.1, -0.05) is 12.0 Å². The zero-order valence-corrected chi connectivity index (χ0v) is 11.2. The first-order valence-electron chi connectivity index (χ1n) is 6.06. The molecule has 2 N–H and O–H groups in total. The lowest BCUT2D eigenvalue weighted by atomic mass is 10.1. The third-order valence-corrected chi connectivity index (χ3v) is 4.70. The Morgan fingerprint density at radius 2 is 2.28 bits per heavy atom. The predicted molar refractivity (Wildman–Crippen MR) is 66.9 cm³/mol. The SMILES string of the molecule is CCNCc1nnc(NCC2CCS(=O)(=O)C2)o1. The van der Waals surface area contributed by atoms with Gasteiger partial charge in [-0.25, -0.2) is 8.42 Å². The van der Waals surface area contributed by atoms with E-state index in [1.54, 1.807) is 0 Å². The van der Waals surface area contributed by atoms with Crippen LogP contribution in [0.15, 0.2) is 4.42 Å². The van der Waals surface area contributed by atoms with E-state index in [9.17, 15) is 8.42 Å². The molecule has 18 heavy (non-hydrogen) atoms. The molecule has 0 aromatic carbocycles. The highest BCUT2D eigenvalue weighted by Gasteiger charge is 2.27. The second-order valence-corrected chi connectivity index (χ2v) is 6.66. The summed E-state index contributed by atoms with van der Waals surface area (Å²) in [4.78, 5) is 0. The molecule has 1 unspecified atom stereocenters. The normalized spacial score (nSPS) is 22.2. The van der Waals surface area contributed by atoms with Gasteiger partial charge in [-0.15, -0.1) is 5.10 Å². The fourth-order valence-electron chi connectivity index (χ4n) is 1.89. The number of anilines is 1. The Hall–Kier alpha value is -1.15. The lowest BCUT2D eigenvalue weighted by Crippen LogP contribution is -2.15. The minimum absolute atomic E-state index is 0.138. The molecule has 0 spiro atoms. The molecule has 1 fully saturated rings. The quantitative estimate of drug-likeness (QED) is 0.755. The molecule has 0 bridgehead atoms. The third-order valence-electron chi connectivity index (χ3n) is 2.86. The van der Waals surface area contributed by atoms with Gasteiger partial charge in [-0.3, -0.25) is 0 Å². The van der Waals surface area contributed by atoms with E-state index in [2.05, 4.69) is 20.8 Å². The zero-order valence-electron chi connectivity index (χ0n) is 10.3. The van der Waals surface area contributed by atoms with Crippen molar-refractivity contribution in [1.29, 1.82) is 0 Å². The largest absolute Gasteiger partial charge is 0.407 e. The maximum atomic E-state index is 11.3. The Labute approximate surface area is 106 Å². The number of hydrogen-bond donors (Lipinski definition) is 2. The smallest absolute Gasteiger partial charge is 0.315 e. The van der Waals surface area contributed by atoms with Gasteiger partial charge in [-0.2, -0.15) is 0 Å². The van der Waals surface area contributed by atoms with Gasteiger partial charge in [0, 0.05) is 6.54 Å². The van der Waals surface area contributed by atoms with Gasteiger partial charge >= 0.3 is 6.01 Å². The second kappa shape index (κ2) is 5.66. The van der Waals surface area contributed by atoms with Crippen molar-refractivity contribution in [2.75, 3.05) is 29.9 Å². The zero-order chi connectivity index (χ0) is 13.0. The maximum Gasteiger partial charge on any atom is 0.315 e. The highest BCUT2D eigenvalue weighted by atomic mass is 32.2. The lowest BCUT2D eigenvalue weighted by molar-refractivity contribution is 0.477. The third kappa shape index (κ3) is 3.67. The van der Waals surface area contributed by atoms with E-state index in [1.165, 1.54) is 0 Å². The number of sulfone groups is 1. The molecule has 8 heteroatoms. The van der Waals surface area contributed by atoms with Gasteiger partial charge < -0.3 is 15.1 Å². The fraction of sp³-hybridized carbons (Fsp3) is 0.800. The summed E-state index contributed by atoms with van der Waals surface area (Å²) in [5, 5.41) is 13.8. The molecule has 2 rings (SSSR count). The Bertz CT molecular complexity index is 485. The van der Waals surface area contributed by atoms with E-state index >= 15 is 0 Å². The van der Waals surface area contributed by atoms with E-state index in [0.717, 1.165) is 6.54 Å². The minimum Gasteiger partial charge on any atom is -0.407 e. The molecule has 0 radical (unpaired) electrons. The van der Waals surface area contributed by atoms with Crippen molar-refractivity contribution >= 4 is 15.9 Å². The molecule has 1 saturated heterocycles. The minimum atomic E-state index is -2.82. The van der Waals surface area contributed by atoms with E-state index < -0.39 is 9.84 Å². The van der Waals surface area contributed by atoms with Crippen molar-refractivity contribution in [2.24, 2.45) is 5.92 Å². The first-order valence-corrected chi connectivity index (χ1v) is 7.88. The van der Waals surface area contributed by atoms with Crippen molar-refractivity contribution in [3.8, 4) is 0 Å². The summed E-state index contributed by atoms with van der Waals surface area (Å²) >= 11 is 0. The average Bonchev–Trinajstić information content (AvgIpc) is 2.90. The molecule has 1 aromatic rings. The molecular formula is C10H18N4O3S. The number of hydrogen-bond acceptors (Lipinski definition) is 7. The number of rotatable bonds is 6. The average molecular weight is 274 g/mol. The molecular weight excluding hydrogens is 256 g/mol. The molecule has 7 nitrogen and oxygen atoms in total. The fourth-order valence-corrected chi connectivity index (χ4v) is 3.75. The van der Waals surface area contributed by atoms with E-state index in [-0.39, 0.29) is 17.4 Å². The summed E-state index contributed by atoms with van der Waals surface area (Å²) in [5.74, 6) is 1.20. The summed E-state index contributed by atoms with van der Waals surface area (Å²) in [6.45, 7) is 3.94. The van der Waals surface area contributed by atoms with Crippen LogP contribution in [0.3, 0.4) is 0 Å². The molecule has 2 heterocycles. The van der Waals surface area contributed by atoms with Crippen LogP contribution in [0.1, 0.15) is 19.2 Å². The lowest BCUT2D eigenvalue weighted by Gasteiger charge is -2.06.